The van der Waals surface area contributed by atoms with E-state index in [0.29, 0.717) is 24.0 Å². The number of nitrogens with one attached hydrogen (secondary N) is 3. The Morgan fingerprint density at radius 2 is 2.14 bits per heavy atom. The van der Waals surface area contributed by atoms with Crippen molar-refractivity contribution in [3.8, 4) is 0 Å². The minimum Gasteiger partial charge on any atom is -0.334 e. The number of piperazine rings is 1. The Balaban J connectivity index is 2.06. The highest BCUT2D eigenvalue weighted by atomic mass is 16.2. The summed E-state index contributed by atoms with van der Waals surface area (Å²) in [4.78, 5) is 46.3. The molecule has 0 spiro atoms. The Morgan fingerprint density at radius 1 is 1.36 bits per heavy atom. The zero-order chi connectivity index (χ0) is 15.9. The second-order valence-electron chi connectivity index (χ2n) is 5.56. The standard InChI is InChI=1S/C14H17N5O3/c1-7-5-9(13(21)19-4-3-15-8(2)6-19)16-11-10(7)12(20)18-14(22)17-11/h5,8,15H,3-4,6H2,1-2H3,(H2,16,17,18,20,22)/t8-/m0/s1. The maximum Gasteiger partial charge on any atom is 0.327 e. The summed E-state index contributed by atoms with van der Waals surface area (Å²) >= 11 is 0. The van der Waals surface area contributed by atoms with E-state index in [1.807, 2.05) is 6.92 Å². The molecular formula is C14H17N5O3. The van der Waals surface area contributed by atoms with Crippen molar-refractivity contribution in [2.75, 3.05) is 19.6 Å². The van der Waals surface area contributed by atoms with Gasteiger partial charge in [0.15, 0.2) is 0 Å². The van der Waals surface area contributed by atoms with Gasteiger partial charge in [-0.15, -0.1) is 0 Å². The molecule has 2 aromatic rings. The number of hydrogen-bond donors (Lipinski definition) is 3. The lowest BCUT2D eigenvalue weighted by atomic mass is 10.1. The first-order valence-corrected chi connectivity index (χ1v) is 7.12. The summed E-state index contributed by atoms with van der Waals surface area (Å²) in [6.07, 6.45) is 0. The Kier molecular flexibility index (Phi) is 3.53. The fourth-order valence-electron chi connectivity index (χ4n) is 2.74. The number of hydrogen-bond acceptors (Lipinski definition) is 5. The van der Waals surface area contributed by atoms with E-state index in [-0.39, 0.29) is 23.3 Å². The van der Waals surface area contributed by atoms with Crippen molar-refractivity contribution >= 4 is 16.9 Å². The van der Waals surface area contributed by atoms with Gasteiger partial charge < -0.3 is 10.2 Å². The van der Waals surface area contributed by atoms with Crippen LogP contribution in [0.3, 0.4) is 0 Å². The number of pyridine rings is 1. The van der Waals surface area contributed by atoms with E-state index in [4.69, 9.17) is 0 Å². The highest BCUT2D eigenvalue weighted by Crippen LogP contribution is 2.13. The van der Waals surface area contributed by atoms with E-state index in [2.05, 4.69) is 20.3 Å². The molecule has 0 saturated carbocycles. The molecule has 22 heavy (non-hydrogen) atoms. The molecule has 116 valence electrons. The minimum absolute atomic E-state index is 0.139. The van der Waals surface area contributed by atoms with Crippen LogP contribution in [0.5, 0.6) is 0 Å². The minimum atomic E-state index is -0.634. The Hall–Kier alpha value is -2.48. The quantitative estimate of drug-likeness (QED) is 0.648. The lowest BCUT2D eigenvalue weighted by Crippen LogP contribution is -2.51. The van der Waals surface area contributed by atoms with E-state index in [1.54, 1.807) is 17.9 Å². The SMILES string of the molecule is Cc1cc(C(=O)N2CCN[C@@H](C)C2)nc2[nH]c(=O)[nH]c(=O)c12. The number of rotatable bonds is 1. The highest BCUT2D eigenvalue weighted by molar-refractivity contribution is 5.95. The van der Waals surface area contributed by atoms with Crippen molar-refractivity contribution in [1.82, 2.24) is 25.2 Å². The Morgan fingerprint density at radius 3 is 2.86 bits per heavy atom. The fraction of sp³-hybridized carbons (Fsp3) is 0.429. The van der Waals surface area contributed by atoms with Gasteiger partial charge in [0, 0.05) is 25.7 Å². The average molecular weight is 303 g/mol. The molecule has 1 amide bonds. The number of amides is 1. The number of carbonyl (C=O) groups is 1. The van der Waals surface area contributed by atoms with Crippen LogP contribution in [-0.4, -0.2) is 51.4 Å². The molecule has 1 saturated heterocycles. The summed E-state index contributed by atoms with van der Waals surface area (Å²) in [5.74, 6) is -0.195. The zero-order valence-corrected chi connectivity index (χ0v) is 12.4. The van der Waals surface area contributed by atoms with E-state index in [9.17, 15) is 14.4 Å². The molecule has 1 atom stereocenters. The average Bonchev–Trinajstić information content (AvgIpc) is 2.45. The van der Waals surface area contributed by atoms with Gasteiger partial charge in [-0.2, -0.15) is 0 Å². The van der Waals surface area contributed by atoms with E-state index in [0.717, 1.165) is 6.54 Å². The van der Waals surface area contributed by atoms with Crippen molar-refractivity contribution < 1.29 is 4.79 Å². The monoisotopic (exact) mass is 303 g/mol. The maximum absolute atomic E-state index is 12.6. The smallest absolute Gasteiger partial charge is 0.327 e. The van der Waals surface area contributed by atoms with Gasteiger partial charge in [0.25, 0.3) is 11.5 Å². The summed E-state index contributed by atoms with van der Waals surface area (Å²) in [6, 6.07) is 1.81. The summed E-state index contributed by atoms with van der Waals surface area (Å²) in [5, 5.41) is 3.56. The first-order valence-electron chi connectivity index (χ1n) is 7.12. The van der Waals surface area contributed by atoms with Crippen LogP contribution >= 0.6 is 0 Å². The molecule has 3 N–H and O–H groups in total. The van der Waals surface area contributed by atoms with Gasteiger partial charge in [0.1, 0.15) is 11.3 Å². The molecule has 1 aliphatic heterocycles. The topological polar surface area (TPSA) is 111 Å². The van der Waals surface area contributed by atoms with Crippen LogP contribution in [0.1, 0.15) is 23.0 Å². The first-order chi connectivity index (χ1) is 10.5. The lowest BCUT2D eigenvalue weighted by molar-refractivity contribution is 0.0703. The third kappa shape index (κ3) is 2.52. The van der Waals surface area contributed by atoms with Gasteiger partial charge >= 0.3 is 5.69 Å². The summed E-state index contributed by atoms with van der Waals surface area (Å²) in [5.41, 5.74) is -0.155. The Labute approximate surface area is 125 Å². The predicted octanol–water partition coefficient (Wildman–Crippen LogP) is -0.646. The molecule has 8 heteroatoms. The van der Waals surface area contributed by atoms with Crippen molar-refractivity contribution in [1.29, 1.82) is 0 Å². The molecular weight excluding hydrogens is 286 g/mol. The molecule has 3 heterocycles. The van der Waals surface area contributed by atoms with Crippen molar-refractivity contribution in [2.24, 2.45) is 0 Å². The van der Waals surface area contributed by atoms with Crippen molar-refractivity contribution in [3.05, 3.63) is 38.2 Å². The van der Waals surface area contributed by atoms with Crippen LogP contribution in [0, 0.1) is 6.92 Å². The molecule has 2 aromatic heterocycles. The number of aromatic amines is 2. The van der Waals surface area contributed by atoms with Gasteiger partial charge in [0.05, 0.1) is 5.39 Å². The third-order valence-electron chi connectivity index (χ3n) is 3.78. The number of carbonyl (C=O) groups excluding carboxylic acids is 1. The number of H-pyrrole nitrogens is 2. The summed E-state index contributed by atoms with van der Waals surface area (Å²) in [7, 11) is 0. The van der Waals surface area contributed by atoms with Gasteiger partial charge in [-0.05, 0) is 25.5 Å². The van der Waals surface area contributed by atoms with E-state index >= 15 is 0 Å². The molecule has 1 aliphatic rings. The lowest BCUT2D eigenvalue weighted by Gasteiger charge is -2.31. The molecule has 0 aromatic carbocycles. The van der Waals surface area contributed by atoms with Crippen molar-refractivity contribution in [2.45, 2.75) is 19.9 Å². The fourth-order valence-corrected chi connectivity index (χ4v) is 2.74. The number of fused-ring (bicyclic) bond motifs is 1. The van der Waals surface area contributed by atoms with Gasteiger partial charge in [0.2, 0.25) is 0 Å². The van der Waals surface area contributed by atoms with Crippen LogP contribution in [0.15, 0.2) is 15.7 Å². The number of aromatic nitrogens is 3. The number of nitrogens with zero attached hydrogens (tertiary/aromatic N) is 2. The van der Waals surface area contributed by atoms with Gasteiger partial charge in [-0.3, -0.25) is 19.6 Å². The second-order valence-corrected chi connectivity index (χ2v) is 5.56. The Bertz CT molecular complexity index is 854. The van der Waals surface area contributed by atoms with Gasteiger partial charge in [-0.25, -0.2) is 9.78 Å². The van der Waals surface area contributed by atoms with Crippen LogP contribution in [-0.2, 0) is 0 Å². The van der Waals surface area contributed by atoms with Crippen LogP contribution in [0.25, 0.3) is 11.0 Å². The molecule has 0 aliphatic carbocycles. The molecule has 0 bridgehead atoms. The molecule has 3 rings (SSSR count). The van der Waals surface area contributed by atoms with Gasteiger partial charge in [-0.1, -0.05) is 0 Å². The van der Waals surface area contributed by atoms with Crippen LogP contribution < -0.4 is 16.6 Å². The number of aryl methyl sites for hydroxylation is 1. The van der Waals surface area contributed by atoms with Crippen LogP contribution in [0.2, 0.25) is 0 Å². The van der Waals surface area contributed by atoms with E-state index < -0.39 is 11.2 Å². The molecule has 1 fully saturated rings. The molecule has 0 radical (unpaired) electrons. The third-order valence-corrected chi connectivity index (χ3v) is 3.78. The summed E-state index contributed by atoms with van der Waals surface area (Å²) in [6.45, 7) is 5.66. The largest absolute Gasteiger partial charge is 0.334 e. The zero-order valence-electron chi connectivity index (χ0n) is 12.4. The summed E-state index contributed by atoms with van der Waals surface area (Å²) < 4.78 is 0. The first kappa shape index (κ1) is 14.5. The maximum atomic E-state index is 12.6. The second kappa shape index (κ2) is 5.38. The normalized spacial score (nSPS) is 18.6. The van der Waals surface area contributed by atoms with Crippen molar-refractivity contribution in [3.63, 3.8) is 0 Å². The molecule has 0 unspecified atom stereocenters. The van der Waals surface area contributed by atoms with Crippen LogP contribution in [0.4, 0.5) is 0 Å². The molecule has 8 nitrogen and oxygen atoms in total. The highest BCUT2D eigenvalue weighted by Gasteiger charge is 2.23. The van der Waals surface area contributed by atoms with E-state index in [1.165, 1.54) is 0 Å². The predicted molar refractivity (Wildman–Crippen MR) is 81.1 cm³/mol.